The van der Waals surface area contributed by atoms with E-state index in [1.54, 1.807) is 19.2 Å². The van der Waals surface area contributed by atoms with E-state index in [-0.39, 0.29) is 11.4 Å². The van der Waals surface area contributed by atoms with Gasteiger partial charge in [-0.25, -0.2) is 14.4 Å². The third-order valence-electron chi connectivity index (χ3n) is 4.37. The van der Waals surface area contributed by atoms with Crippen LogP contribution in [0.25, 0.3) is 0 Å². The highest BCUT2D eigenvalue weighted by Gasteiger charge is 2.39. The van der Waals surface area contributed by atoms with Crippen molar-refractivity contribution in [3.05, 3.63) is 53.9 Å². The Kier molecular flexibility index (Phi) is 5.06. The van der Waals surface area contributed by atoms with Gasteiger partial charge < -0.3 is 9.47 Å². The maximum atomic E-state index is 13.2. The van der Waals surface area contributed by atoms with Crippen molar-refractivity contribution in [1.29, 1.82) is 0 Å². The molecule has 2 aromatic rings. The van der Waals surface area contributed by atoms with Gasteiger partial charge >= 0.3 is 0 Å². The first-order chi connectivity index (χ1) is 11.6. The predicted octanol–water partition coefficient (Wildman–Crippen LogP) is 2.59. The van der Waals surface area contributed by atoms with E-state index in [0.29, 0.717) is 12.4 Å². The van der Waals surface area contributed by atoms with Crippen molar-refractivity contribution in [2.45, 2.75) is 25.5 Å². The molecule has 0 spiro atoms. The molecule has 0 unspecified atom stereocenters. The molecule has 1 aliphatic rings. The van der Waals surface area contributed by atoms with Crippen molar-refractivity contribution in [3.63, 3.8) is 0 Å². The fraction of sp³-hybridized carbons (Fsp3) is 0.444. The second kappa shape index (κ2) is 7.23. The van der Waals surface area contributed by atoms with E-state index in [4.69, 9.17) is 9.47 Å². The minimum Gasteiger partial charge on any atom is -0.490 e. The minimum atomic E-state index is -0.377. The smallest absolute Gasteiger partial charge is 0.126 e. The Morgan fingerprint density at radius 3 is 2.79 bits per heavy atom. The molecule has 6 heteroatoms. The number of halogens is 1. The lowest BCUT2D eigenvalue weighted by atomic mass is 10.0. The fourth-order valence-corrected chi connectivity index (χ4v) is 2.94. The fourth-order valence-electron chi connectivity index (χ4n) is 2.94. The molecule has 128 valence electrons. The number of aromatic nitrogens is 2. The Morgan fingerprint density at radius 1 is 1.29 bits per heavy atom. The van der Waals surface area contributed by atoms with Crippen LogP contribution >= 0.6 is 0 Å². The summed E-state index contributed by atoms with van der Waals surface area (Å²) in [6.07, 6.45) is 4.59. The molecule has 24 heavy (non-hydrogen) atoms. The van der Waals surface area contributed by atoms with Gasteiger partial charge in [-0.3, -0.25) is 4.90 Å². The zero-order chi connectivity index (χ0) is 17.0. The molecule has 0 amide bonds. The summed E-state index contributed by atoms with van der Waals surface area (Å²) < 4.78 is 24.8. The van der Waals surface area contributed by atoms with Gasteiger partial charge in [0, 0.05) is 50.8 Å². The quantitative estimate of drug-likeness (QED) is 0.814. The molecular weight excluding hydrogens is 309 g/mol. The highest BCUT2D eigenvalue weighted by molar-refractivity contribution is 5.22. The van der Waals surface area contributed by atoms with Crippen molar-refractivity contribution >= 4 is 0 Å². The lowest BCUT2D eigenvalue weighted by molar-refractivity contribution is -0.0360. The second-order valence-corrected chi connectivity index (χ2v) is 6.23. The summed E-state index contributed by atoms with van der Waals surface area (Å²) in [6, 6.07) is 6.19. The summed E-state index contributed by atoms with van der Waals surface area (Å²) in [4.78, 5) is 10.8. The summed E-state index contributed by atoms with van der Waals surface area (Å²) in [5.74, 6) is 0.998. The number of hydrogen-bond acceptors (Lipinski definition) is 5. The van der Waals surface area contributed by atoms with Gasteiger partial charge in [-0.05, 0) is 25.5 Å². The molecule has 0 radical (unpaired) electrons. The van der Waals surface area contributed by atoms with Gasteiger partial charge in [-0.2, -0.15) is 0 Å². The van der Waals surface area contributed by atoms with Crippen LogP contribution in [0.5, 0.6) is 5.75 Å². The Morgan fingerprint density at radius 2 is 2.08 bits per heavy atom. The minimum absolute atomic E-state index is 0.300. The van der Waals surface area contributed by atoms with Crippen LogP contribution in [0.2, 0.25) is 0 Å². The number of rotatable bonds is 6. The van der Waals surface area contributed by atoms with Crippen LogP contribution in [0.3, 0.4) is 0 Å². The van der Waals surface area contributed by atoms with Crippen molar-refractivity contribution in [2.24, 2.45) is 0 Å². The molecule has 1 atom stereocenters. The maximum Gasteiger partial charge on any atom is 0.126 e. The van der Waals surface area contributed by atoms with Gasteiger partial charge in [0.15, 0.2) is 0 Å². The van der Waals surface area contributed by atoms with Gasteiger partial charge in [0.1, 0.15) is 29.6 Å². The van der Waals surface area contributed by atoms with E-state index in [2.05, 4.69) is 14.9 Å². The molecule has 0 N–H and O–H groups in total. The van der Waals surface area contributed by atoms with Gasteiger partial charge in [0.25, 0.3) is 0 Å². The average molecular weight is 331 g/mol. The van der Waals surface area contributed by atoms with Crippen molar-refractivity contribution in [3.8, 4) is 5.75 Å². The summed E-state index contributed by atoms with van der Waals surface area (Å²) in [5.41, 5.74) is 0.705. The third-order valence-corrected chi connectivity index (χ3v) is 4.37. The molecular formula is C18H22FN3O2. The number of methoxy groups -OCH3 is 1. The number of hydrogen-bond donors (Lipinski definition) is 0. The van der Waals surface area contributed by atoms with Gasteiger partial charge in [-0.15, -0.1) is 0 Å². The van der Waals surface area contributed by atoms with Crippen molar-refractivity contribution in [1.82, 2.24) is 14.9 Å². The molecule has 0 bridgehead atoms. The van der Waals surface area contributed by atoms with Gasteiger partial charge in [0.05, 0.1) is 0 Å². The van der Waals surface area contributed by atoms with Gasteiger partial charge in [-0.1, -0.05) is 6.07 Å². The Bertz CT molecular complexity index is 680. The first-order valence-corrected chi connectivity index (χ1v) is 8.02. The first-order valence-electron chi connectivity index (χ1n) is 8.02. The molecule has 2 heterocycles. The van der Waals surface area contributed by atoms with Crippen molar-refractivity contribution in [2.75, 3.05) is 26.8 Å². The highest BCUT2D eigenvalue weighted by Crippen LogP contribution is 2.27. The lowest BCUT2D eigenvalue weighted by Gasteiger charge is -2.28. The van der Waals surface area contributed by atoms with E-state index >= 15 is 0 Å². The zero-order valence-electron chi connectivity index (χ0n) is 14.0. The zero-order valence-corrected chi connectivity index (χ0v) is 14.0. The topological polar surface area (TPSA) is 47.5 Å². The standard InChI is InChI=1S/C18H22FN3O2/c1-14-20-9-15(10-21-14)11-22-7-6-18(12-22,23-2)13-24-17-5-3-4-16(19)8-17/h3-5,8-10H,6-7,11-13H2,1-2H3/t18-/m0/s1. The SMILES string of the molecule is CO[C@@]1(COc2cccc(F)c2)CCN(Cc2cnc(C)nc2)C1. The van der Waals surface area contributed by atoms with Crippen LogP contribution in [-0.2, 0) is 11.3 Å². The Labute approximate surface area is 141 Å². The van der Waals surface area contributed by atoms with Crippen LogP contribution < -0.4 is 4.74 Å². The first kappa shape index (κ1) is 16.8. The van der Waals surface area contributed by atoms with E-state index < -0.39 is 0 Å². The summed E-state index contributed by atoms with van der Waals surface area (Å²) in [7, 11) is 1.70. The van der Waals surface area contributed by atoms with Crippen LogP contribution in [0.4, 0.5) is 4.39 Å². The highest BCUT2D eigenvalue weighted by atomic mass is 19.1. The van der Waals surface area contributed by atoms with Crippen LogP contribution in [-0.4, -0.2) is 47.3 Å². The average Bonchev–Trinajstić information content (AvgIpc) is 2.99. The lowest BCUT2D eigenvalue weighted by Crippen LogP contribution is -2.41. The Hall–Kier alpha value is -2.05. The summed E-state index contributed by atoms with van der Waals surface area (Å²) >= 11 is 0. The summed E-state index contributed by atoms with van der Waals surface area (Å²) in [5, 5.41) is 0. The number of aryl methyl sites for hydroxylation is 1. The summed E-state index contributed by atoms with van der Waals surface area (Å²) in [6.45, 7) is 4.72. The normalized spacial score (nSPS) is 21.1. The van der Waals surface area contributed by atoms with E-state index in [9.17, 15) is 4.39 Å². The van der Waals surface area contributed by atoms with Crippen LogP contribution in [0, 0.1) is 12.7 Å². The number of benzene rings is 1. The van der Waals surface area contributed by atoms with Crippen molar-refractivity contribution < 1.29 is 13.9 Å². The Balaban J connectivity index is 1.59. The molecule has 1 aliphatic heterocycles. The van der Waals surface area contributed by atoms with E-state index in [1.807, 2.05) is 19.3 Å². The van der Waals surface area contributed by atoms with Crippen LogP contribution in [0.15, 0.2) is 36.7 Å². The molecule has 3 rings (SSSR count). The predicted molar refractivity (Wildman–Crippen MR) is 88.3 cm³/mol. The molecule has 5 nitrogen and oxygen atoms in total. The number of likely N-dealkylation sites (tertiary alicyclic amines) is 1. The van der Waals surface area contributed by atoms with E-state index in [0.717, 1.165) is 37.4 Å². The molecule has 0 aliphatic carbocycles. The molecule has 1 aromatic heterocycles. The van der Waals surface area contributed by atoms with Gasteiger partial charge in [0.2, 0.25) is 0 Å². The monoisotopic (exact) mass is 331 g/mol. The number of ether oxygens (including phenoxy) is 2. The molecule has 1 aromatic carbocycles. The maximum absolute atomic E-state index is 13.2. The second-order valence-electron chi connectivity index (χ2n) is 6.23. The number of nitrogens with zero attached hydrogens (tertiary/aromatic N) is 3. The molecule has 1 saturated heterocycles. The molecule has 0 saturated carbocycles. The third kappa shape index (κ3) is 4.07. The largest absolute Gasteiger partial charge is 0.490 e. The van der Waals surface area contributed by atoms with E-state index in [1.165, 1.54) is 12.1 Å². The molecule has 1 fully saturated rings. The van der Waals surface area contributed by atoms with Crippen LogP contribution in [0.1, 0.15) is 17.8 Å².